The number of pyridine rings is 1. The minimum absolute atomic E-state index is 0.0448. The summed E-state index contributed by atoms with van der Waals surface area (Å²) in [5.74, 6) is -13.4. The second-order valence-electron chi connectivity index (χ2n) is 26.9. The molecule has 0 bridgehead atoms. The molecule has 18 atom stereocenters. The van der Waals surface area contributed by atoms with Gasteiger partial charge >= 0.3 is 5.69 Å². The van der Waals surface area contributed by atoms with E-state index in [9.17, 15) is 103 Å². The average molecular weight is 1600 g/mol. The van der Waals surface area contributed by atoms with E-state index in [0.717, 1.165) is 35.4 Å². The number of primary amides is 2. The summed E-state index contributed by atoms with van der Waals surface area (Å²) in [7, 11) is 6.08. The number of aliphatic hydroxyl groups is 7. The number of ether oxygens (including phenoxy) is 6. The van der Waals surface area contributed by atoms with Crippen LogP contribution >= 0.6 is 21.6 Å². The van der Waals surface area contributed by atoms with Crippen molar-refractivity contribution in [3.63, 3.8) is 0 Å². The third kappa shape index (κ3) is 27.2. The molecule has 616 valence electrons. The van der Waals surface area contributed by atoms with E-state index in [0.29, 0.717) is 10.5 Å². The zero-order chi connectivity index (χ0) is 82.7. The molecular weight excluding hydrogens is 1500 g/mol. The van der Waals surface area contributed by atoms with Gasteiger partial charge in [-0.15, -0.1) is 0 Å². The molecule has 110 heavy (non-hydrogen) atoms. The van der Waals surface area contributed by atoms with E-state index >= 15 is 0 Å². The molecule has 44 heteroatoms. The van der Waals surface area contributed by atoms with Gasteiger partial charge in [0, 0.05) is 49.5 Å². The first-order valence-corrected chi connectivity index (χ1v) is 36.9. The lowest BCUT2D eigenvalue weighted by Crippen LogP contribution is -2.71. The number of amides is 12. The molecule has 2 aliphatic rings. The topological polar surface area (TPSA) is 642 Å². The van der Waals surface area contributed by atoms with Crippen LogP contribution in [0.25, 0.3) is 0 Å². The minimum atomic E-state index is -2.14. The number of benzene rings is 1. The highest BCUT2D eigenvalue weighted by Crippen LogP contribution is 2.50. The lowest BCUT2D eigenvalue weighted by Gasteiger charge is -2.48. The highest BCUT2D eigenvalue weighted by Gasteiger charge is 2.52. The van der Waals surface area contributed by atoms with Gasteiger partial charge in [0.25, 0.3) is 0 Å². The maximum atomic E-state index is 14.7. The van der Waals surface area contributed by atoms with E-state index in [1.807, 2.05) is 5.32 Å². The van der Waals surface area contributed by atoms with E-state index in [1.54, 1.807) is 33.8 Å². The van der Waals surface area contributed by atoms with Crippen LogP contribution in [0.3, 0.4) is 0 Å². The van der Waals surface area contributed by atoms with Crippen LogP contribution in [-0.4, -0.2) is 274 Å². The Kier molecular flexibility index (Phi) is 38.1. The van der Waals surface area contributed by atoms with Crippen LogP contribution < -0.4 is 84.2 Å². The van der Waals surface area contributed by atoms with E-state index in [4.69, 9.17) is 39.9 Å². The van der Waals surface area contributed by atoms with Crippen LogP contribution in [0.4, 0.5) is 5.69 Å². The Balaban J connectivity index is 1.62. The number of nitrogens with zero attached hydrogens (tertiary/aromatic N) is 2. The molecular formula is C66H103N15O27S2. The van der Waals surface area contributed by atoms with Gasteiger partial charge in [-0.25, -0.2) is 4.98 Å². The van der Waals surface area contributed by atoms with Crippen molar-refractivity contribution in [1.82, 2.24) is 63.5 Å². The Morgan fingerprint density at radius 3 is 1.68 bits per heavy atom. The molecule has 1 aromatic heterocycles. The molecule has 2 aromatic rings. The van der Waals surface area contributed by atoms with Crippen LogP contribution in [0.15, 0.2) is 34.3 Å². The van der Waals surface area contributed by atoms with E-state index in [2.05, 4.69) is 58.2 Å². The van der Waals surface area contributed by atoms with E-state index in [-0.39, 0.29) is 72.0 Å². The Morgan fingerprint density at radius 1 is 0.618 bits per heavy atom. The number of nitro groups is 1. The normalized spacial score (nSPS) is 21.8. The minimum Gasteiger partial charge on any atom is -0.493 e. The lowest BCUT2D eigenvalue weighted by atomic mass is 9.94. The van der Waals surface area contributed by atoms with E-state index in [1.165, 1.54) is 60.4 Å². The number of carbonyl (C=O) groups is 12. The summed E-state index contributed by atoms with van der Waals surface area (Å²) in [4.78, 5) is 179. The van der Waals surface area contributed by atoms with Crippen molar-refractivity contribution in [2.45, 2.75) is 220 Å². The Labute approximate surface area is 640 Å². The number of methoxy groups -OCH3 is 3. The van der Waals surface area contributed by atoms with Gasteiger partial charge in [0.05, 0.1) is 65.1 Å². The van der Waals surface area contributed by atoms with Crippen LogP contribution in [0.1, 0.15) is 100.0 Å². The largest absolute Gasteiger partial charge is 0.493 e. The van der Waals surface area contributed by atoms with Crippen molar-refractivity contribution >= 4 is 98.2 Å². The highest BCUT2D eigenvalue weighted by molar-refractivity contribution is 8.76. The van der Waals surface area contributed by atoms with Crippen LogP contribution in [0.2, 0.25) is 0 Å². The molecule has 3 heterocycles. The van der Waals surface area contributed by atoms with Crippen LogP contribution in [-0.2, 0) is 78.3 Å². The van der Waals surface area contributed by atoms with Gasteiger partial charge in [0.1, 0.15) is 91.0 Å². The zero-order valence-electron chi connectivity index (χ0n) is 62.7. The Bertz CT molecular complexity index is 3530. The number of aromatic nitrogens is 1. The molecule has 2 fully saturated rings. The standard InChI is InChI=1S/C66H103N15O27S2/c1-27(2)18-35(74-57(94)30(7)71-58(95)34(15-16-45(67)88)70-22-33-44(21-41(103-10)55(105-12)53(33)104-11)109-110-65-40(81(101)102)14-13-17-69-65)59(96)75-36(19-28(3)4)61(98)80-47(29(5)6)63(100)76-37(60(97)78-39(24-83)62(99)77-38(23-82)56(68)93)20-46(89)79-64-48(72-31(8)86)52(92)54(43(26-85)106-64)108-66-49(73-32(9)87)51(91)50(90)42(25-84)107-66/h13-14,17,21,27-30,34-39,42-43,47-52,54,64,66,70,82-85,90-92H,15-16,18-20,22-26H2,1-12H3,(H2,67,88)(H2,68,93)(H,71,95)(H,72,86)(H,73,87)(H,74,94)(H,75,96)(H,76,100)(H,77,99)(H,78,97)(H,79,89)(H,80,98)/t30-,34-,35-,36-,37-,38-,39-,42?,43?,47-,48?,49?,50-,51+,52+,54-,64+,66-/m0/s1. The fourth-order valence-corrected chi connectivity index (χ4v) is 13.7. The molecule has 2 saturated heterocycles. The molecule has 0 saturated carbocycles. The molecule has 12 amide bonds. The van der Waals surface area contributed by atoms with Gasteiger partial charge in [-0.3, -0.25) is 67.6 Å². The van der Waals surface area contributed by atoms with Gasteiger partial charge in [0.15, 0.2) is 29.0 Å². The summed E-state index contributed by atoms with van der Waals surface area (Å²) < 4.78 is 34.5. The summed E-state index contributed by atoms with van der Waals surface area (Å²) >= 11 is 0. The molecule has 42 nitrogen and oxygen atoms in total. The van der Waals surface area contributed by atoms with Gasteiger partial charge in [0.2, 0.25) is 76.6 Å². The first kappa shape index (κ1) is 93.4. The van der Waals surface area contributed by atoms with Crippen molar-refractivity contribution < 1.29 is 127 Å². The first-order valence-electron chi connectivity index (χ1n) is 34.8. The molecule has 2 aliphatic heterocycles. The smallest absolute Gasteiger partial charge is 0.302 e. The number of nitrogens with one attached hydrogen (secondary N) is 11. The number of rotatable bonds is 44. The predicted octanol–water partition coefficient (Wildman–Crippen LogP) is -6.41. The molecule has 4 rings (SSSR count). The van der Waals surface area contributed by atoms with Crippen molar-refractivity contribution in [2.75, 3.05) is 47.8 Å². The van der Waals surface area contributed by atoms with Crippen molar-refractivity contribution in [1.29, 1.82) is 0 Å². The summed E-state index contributed by atoms with van der Waals surface area (Å²) in [6.45, 7) is 8.79. The Morgan fingerprint density at radius 2 is 1.15 bits per heavy atom. The van der Waals surface area contributed by atoms with Crippen LogP contribution in [0, 0.1) is 27.9 Å². The SMILES string of the molecule is COc1cc(SSc2ncccc2[N+](=O)[O-])c(CN[C@@H](CCC(N)=O)C(=O)N[C@@H](C)C(=O)N[C@@H](CC(C)C)C(=O)N[C@@H](CC(C)C)C(=O)N[C@H](C(=O)N[C@@H](CC(=O)N[C@@H]2OC(CO)[C@H](O[C@@H]3OC(CO)[C@H](O)[C@H](O)C3NC(C)=O)[C@H](O)C2NC(C)=O)C(=O)N[C@@H](CO)C(=O)N[C@@H](CO)C(N)=O)C(C)C)c(OC)c1OC. The molecule has 0 aliphatic carbocycles. The van der Waals surface area contributed by atoms with Crippen molar-refractivity contribution in [3.8, 4) is 17.2 Å². The molecule has 22 N–H and O–H groups in total. The van der Waals surface area contributed by atoms with Gasteiger partial charge < -0.3 is 134 Å². The third-order valence-electron chi connectivity index (χ3n) is 17.0. The monoisotopic (exact) mass is 1600 g/mol. The fourth-order valence-electron chi connectivity index (χ4n) is 11.4. The third-order valence-corrected chi connectivity index (χ3v) is 19.4. The van der Waals surface area contributed by atoms with Gasteiger partial charge in [-0.2, -0.15) is 0 Å². The molecule has 1 aromatic carbocycles. The second kappa shape index (κ2) is 44.8. The quantitative estimate of drug-likeness (QED) is 0.0167. The maximum absolute atomic E-state index is 14.7. The number of carbonyl (C=O) groups excluding carboxylic acids is 12. The summed E-state index contributed by atoms with van der Waals surface area (Å²) in [6, 6.07) is -12.1. The van der Waals surface area contributed by atoms with Gasteiger partial charge in [-0.05, 0) is 66.9 Å². The van der Waals surface area contributed by atoms with E-state index < -0.39 is 224 Å². The summed E-state index contributed by atoms with van der Waals surface area (Å²) in [6.07, 6.45) is -14.8. The van der Waals surface area contributed by atoms with Crippen molar-refractivity contribution in [2.24, 2.45) is 29.2 Å². The maximum Gasteiger partial charge on any atom is 0.302 e. The molecule has 4 unspecified atom stereocenters. The fraction of sp³-hybridized carbons (Fsp3) is 0.652. The molecule has 0 radical (unpaired) electrons. The summed E-state index contributed by atoms with van der Waals surface area (Å²) in [5.41, 5.74) is 10.9. The molecule has 0 spiro atoms. The Hall–Kier alpha value is -8.93. The lowest BCUT2D eigenvalue weighted by molar-refractivity contribution is -0.388. The number of nitrogens with two attached hydrogens (primary N) is 2. The number of aliphatic hydroxyl groups excluding tert-OH is 7. The highest BCUT2D eigenvalue weighted by atomic mass is 33.1. The number of hydrogen-bond acceptors (Lipinski definition) is 31. The van der Waals surface area contributed by atoms with Crippen LogP contribution in [0.5, 0.6) is 17.2 Å². The second-order valence-corrected chi connectivity index (χ2v) is 29.1. The zero-order valence-corrected chi connectivity index (χ0v) is 64.3. The first-order chi connectivity index (χ1) is 51.8. The van der Waals surface area contributed by atoms with Crippen molar-refractivity contribution in [3.05, 3.63) is 40.1 Å². The number of hydrogen-bond donors (Lipinski definition) is 20. The predicted molar refractivity (Wildman–Crippen MR) is 386 cm³/mol. The summed E-state index contributed by atoms with van der Waals surface area (Å²) in [5, 5.41) is 113. The van der Waals surface area contributed by atoms with Gasteiger partial charge in [-0.1, -0.05) is 52.3 Å². The average Bonchev–Trinajstić information content (AvgIpc) is 0.781.